The fraction of sp³-hybridized carbons (Fsp3) is 0.333. The highest BCUT2D eigenvalue weighted by atomic mass is 16.2. The largest absolute Gasteiger partial charge is 0.338 e. The second-order valence-corrected chi connectivity index (χ2v) is 4.87. The van der Waals surface area contributed by atoms with Crippen LogP contribution in [0.5, 0.6) is 0 Å². The van der Waals surface area contributed by atoms with Gasteiger partial charge in [-0.1, -0.05) is 12.1 Å². The molecule has 7 nitrogen and oxygen atoms in total. The summed E-state index contributed by atoms with van der Waals surface area (Å²) >= 11 is 0. The van der Waals surface area contributed by atoms with Crippen LogP contribution in [0.2, 0.25) is 0 Å². The zero-order valence-corrected chi connectivity index (χ0v) is 12.4. The lowest BCUT2D eigenvalue weighted by Crippen LogP contribution is -2.37. The van der Waals surface area contributed by atoms with E-state index in [1.165, 1.54) is 6.33 Å². The number of nitrogens with zero attached hydrogens (tertiary/aromatic N) is 4. The summed E-state index contributed by atoms with van der Waals surface area (Å²) < 4.78 is 1.72. The number of carbonyl (C=O) groups is 1. The molecule has 2 rings (SSSR count). The minimum atomic E-state index is -0.213. The molecule has 1 aromatic carbocycles. The van der Waals surface area contributed by atoms with Crippen molar-refractivity contribution in [1.29, 1.82) is 5.26 Å². The van der Waals surface area contributed by atoms with Gasteiger partial charge in [-0.25, -0.2) is 9.78 Å². The van der Waals surface area contributed by atoms with Gasteiger partial charge >= 0.3 is 6.03 Å². The van der Waals surface area contributed by atoms with Crippen molar-refractivity contribution in [3.05, 3.63) is 48.0 Å². The lowest BCUT2D eigenvalue weighted by molar-refractivity contribution is 0.237. The number of rotatable bonds is 6. The topological polar surface area (TPSA) is 95.6 Å². The molecule has 2 aromatic rings. The standard InChI is InChI=1S/C15H18N6O/c1-12(14-5-3-13(9-16)4-6-14)20-15(22)18-7-2-8-21-11-17-10-19-21/h3-6,10-12H,2,7-8H2,1H3,(H2,18,20,22)/t12-/m0/s1. The summed E-state index contributed by atoms with van der Waals surface area (Å²) in [5.74, 6) is 0. The zero-order valence-electron chi connectivity index (χ0n) is 12.4. The Labute approximate surface area is 129 Å². The summed E-state index contributed by atoms with van der Waals surface area (Å²) in [4.78, 5) is 15.7. The number of urea groups is 1. The molecule has 0 saturated carbocycles. The van der Waals surface area contributed by atoms with Crippen LogP contribution < -0.4 is 10.6 Å². The highest BCUT2D eigenvalue weighted by molar-refractivity contribution is 5.74. The average molecular weight is 298 g/mol. The van der Waals surface area contributed by atoms with Crippen LogP contribution in [0.4, 0.5) is 4.79 Å². The van der Waals surface area contributed by atoms with E-state index in [4.69, 9.17) is 5.26 Å². The number of benzene rings is 1. The normalized spacial score (nSPS) is 11.5. The van der Waals surface area contributed by atoms with Crippen LogP contribution >= 0.6 is 0 Å². The molecule has 2 amide bonds. The van der Waals surface area contributed by atoms with Gasteiger partial charge in [-0.2, -0.15) is 10.4 Å². The van der Waals surface area contributed by atoms with Gasteiger partial charge in [0.05, 0.1) is 17.7 Å². The number of aromatic nitrogens is 3. The van der Waals surface area contributed by atoms with Crippen LogP contribution in [0.15, 0.2) is 36.9 Å². The number of hydrogen-bond acceptors (Lipinski definition) is 4. The summed E-state index contributed by atoms with van der Waals surface area (Å²) in [6, 6.07) is 8.90. The van der Waals surface area contributed by atoms with Gasteiger partial charge in [0.25, 0.3) is 0 Å². The maximum Gasteiger partial charge on any atom is 0.315 e. The molecule has 2 N–H and O–H groups in total. The lowest BCUT2D eigenvalue weighted by atomic mass is 10.1. The van der Waals surface area contributed by atoms with Gasteiger partial charge in [-0.05, 0) is 31.0 Å². The average Bonchev–Trinajstić information content (AvgIpc) is 3.05. The van der Waals surface area contributed by atoms with Gasteiger partial charge < -0.3 is 10.6 Å². The van der Waals surface area contributed by atoms with Crippen LogP contribution in [0.1, 0.15) is 30.5 Å². The van der Waals surface area contributed by atoms with E-state index >= 15 is 0 Å². The molecule has 0 aliphatic heterocycles. The third kappa shape index (κ3) is 4.59. The van der Waals surface area contributed by atoms with Crippen molar-refractivity contribution in [2.24, 2.45) is 0 Å². The van der Waals surface area contributed by atoms with Crippen molar-refractivity contribution < 1.29 is 4.79 Å². The number of nitriles is 1. The quantitative estimate of drug-likeness (QED) is 0.792. The molecule has 0 unspecified atom stereocenters. The van der Waals surface area contributed by atoms with Gasteiger partial charge in [0.15, 0.2) is 0 Å². The second kappa shape index (κ2) is 7.78. The summed E-state index contributed by atoms with van der Waals surface area (Å²) in [5.41, 5.74) is 1.56. The van der Waals surface area contributed by atoms with E-state index in [2.05, 4.69) is 26.8 Å². The number of hydrogen-bond donors (Lipinski definition) is 2. The predicted molar refractivity (Wildman–Crippen MR) is 80.7 cm³/mol. The molecule has 1 aromatic heterocycles. The summed E-state index contributed by atoms with van der Waals surface area (Å²) in [7, 11) is 0. The van der Waals surface area contributed by atoms with E-state index in [1.807, 2.05) is 19.1 Å². The first-order valence-corrected chi connectivity index (χ1v) is 7.06. The molecule has 1 heterocycles. The van der Waals surface area contributed by atoms with Gasteiger partial charge in [-0.15, -0.1) is 0 Å². The van der Waals surface area contributed by atoms with E-state index in [0.29, 0.717) is 18.7 Å². The predicted octanol–water partition coefficient (Wildman–Crippen LogP) is 1.60. The molecular weight excluding hydrogens is 280 g/mol. The Morgan fingerprint density at radius 1 is 1.41 bits per heavy atom. The van der Waals surface area contributed by atoms with Crippen molar-refractivity contribution in [3.63, 3.8) is 0 Å². The van der Waals surface area contributed by atoms with Gasteiger partial charge in [0.1, 0.15) is 12.7 Å². The Kier molecular flexibility index (Phi) is 5.49. The van der Waals surface area contributed by atoms with Crippen LogP contribution in [-0.4, -0.2) is 27.3 Å². The smallest absolute Gasteiger partial charge is 0.315 e. The van der Waals surface area contributed by atoms with Crippen molar-refractivity contribution in [2.45, 2.75) is 25.9 Å². The molecule has 0 bridgehead atoms. The molecule has 0 fully saturated rings. The molecule has 22 heavy (non-hydrogen) atoms. The van der Waals surface area contributed by atoms with Gasteiger partial charge in [0, 0.05) is 13.1 Å². The molecular formula is C15H18N6O. The van der Waals surface area contributed by atoms with E-state index in [0.717, 1.165) is 12.0 Å². The van der Waals surface area contributed by atoms with E-state index in [9.17, 15) is 4.79 Å². The molecule has 7 heteroatoms. The highest BCUT2D eigenvalue weighted by Crippen LogP contribution is 2.12. The van der Waals surface area contributed by atoms with Crippen LogP contribution in [0.25, 0.3) is 0 Å². The van der Waals surface area contributed by atoms with E-state index < -0.39 is 0 Å². The lowest BCUT2D eigenvalue weighted by Gasteiger charge is -2.15. The Morgan fingerprint density at radius 2 is 2.18 bits per heavy atom. The summed E-state index contributed by atoms with van der Waals surface area (Å²) in [5, 5.41) is 18.4. The maximum atomic E-state index is 11.8. The first-order valence-electron chi connectivity index (χ1n) is 7.06. The van der Waals surface area contributed by atoms with Crippen LogP contribution in [0.3, 0.4) is 0 Å². The molecule has 0 saturated heterocycles. The Bertz CT molecular complexity index is 629. The maximum absolute atomic E-state index is 11.8. The minimum absolute atomic E-state index is 0.122. The van der Waals surface area contributed by atoms with Gasteiger partial charge in [-0.3, -0.25) is 4.68 Å². The molecule has 114 valence electrons. The third-order valence-electron chi connectivity index (χ3n) is 3.20. The highest BCUT2D eigenvalue weighted by Gasteiger charge is 2.08. The van der Waals surface area contributed by atoms with Crippen molar-refractivity contribution in [3.8, 4) is 6.07 Å². The van der Waals surface area contributed by atoms with Crippen molar-refractivity contribution in [2.75, 3.05) is 6.54 Å². The molecule has 1 atom stereocenters. The second-order valence-electron chi connectivity index (χ2n) is 4.87. The Morgan fingerprint density at radius 3 is 2.82 bits per heavy atom. The van der Waals surface area contributed by atoms with E-state index in [1.54, 1.807) is 23.1 Å². The number of amides is 2. The third-order valence-corrected chi connectivity index (χ3v) is 3.20. The van der Waals surface area contributed by atoms with Crippen molar-refractivity contribution >= 4 is 6.03 Å². The van der Waals surface area contributed by atoms with Gasteiger partial charge in [0.2, 0.25) is 0 Å². The Balaban J connectivity index is 1.70. The van der Waals surface area contributed by atoms with E-state index in [-0.39, 0.29) is 12.1 Å². The molecule has 0 aliphatic rings. The van der Waals surface area contributed by atoms with Crippen LogP contribution in [-0.2, 0) is 6.54 Å². The fourth-order valence-corrected chi connectivity index (χ4v) is 1.97. The minimum Gasteiger partial charge on any atom is -0.338 e. The fourth-order valence-electron chi connectivity index (χ4n) is 1.97. The van der Waals surface area contributed by atoms with Crippen molar-refractivity contribution in [1.82, 2.24) is 25.4 Å². The number of carbonyl (C=O) groups excluding carboxylic acids is 1. The monoisotopic (exact) mass is 298 g/mol. The molecule has 0 radical (unpaired) electrons. The molecule has 0 aliphatic carbocycles. The summed E-state index contributed by atoms with van der Waals surface area (Å²) in [6.07, 6.45) is 3.91. The zero-order chi connectivity index (χ0) is 15.8. The first-order chi connectivity index (χ1) is 10.7. The Hall–Kier alpha value is -2.88. The summed E-state index contributed by atoms with van der Waals surface area (Å²) in [6.45, 7) is 3.17. The number of nitrogens with one attached hydrogen (secondary N) is 2. The van der Waals surface area contributed by atoms with Crippen LogP contribution in [0, 0.1) is 11.3 Å². The molecule has 0 spiro atoms. The SMILES string of the molecule is C[C@H](NC(=O)NCCCn1cncn1)c1ccc(C#N)cc1. The number of aryl methyl sites for hydroxylation is 1. The first kappa shape index (κ1) is 15.5.